The lowest BCUT2D eigenvalue weighted by atomic mass is 10.1. The zero-order valence-corrected chi connectivity index (χ0v) is 12.1. The number of furan rings is 1. The van der Waals surface area contributed by atoms with Crippen LogP contribution < -0.4 is 5.32 Å². The molecule has 1 aromatic heterocycles. The third kappa shape index (κ3) is 2.98. The molecule has 0 amide bonds. The molecule has 3 rings (SSSR count). The lowest BCUT2D eigenvalue weighted by Crippen LogP contribution is -2.22. The first kappa shape index (κ1) is 13.8. The van der Waals surface area contributed by atoms with Gasteiger partial charge in [-0.3, -0.25) is 0 Å². The highest BCUT2D eigenvalue weighted by atomic mass is 19.1. The van der Waals surface area contributed by atoms with E-state index in [1.165, 1.54) is 6.07 Å². The van der Waals surface area contributed by atoms with Crippen molar-refractivity contribution in [3.8, 4) is 0 Å². The lowest BCUT2D eigenvalue weighted by molar-refractivity contribution is 0.416. The molecule has 0 saturated carbocycles. The summed E-state index contributed by atoms with van der Waals surface area (Å²) in [6, 6.07) is 16.8. The first-order chi connectivity index (χ1) is 10.1. The molecule has 1 N–H and O–H groups in total. The predicted molar refractivity (Wildman–Crippen MR) is 82.6 cm³/mol. The van der Waals surface area contributed by atoms with Crippen molar-refractivity contribution in [3.05, 3.63) is 71.7 Å². The van der Waals surface area contributed by atoms with Crippen LogP contribution in [0.4, 0.5) is 4.39 Å². The second-order valence-electron chi connectivity index (χ2n) is 5.35. The van der Waals surface area contributed by atoms with Crippen LogP contribution in [0.1, 0.15) is 37.3 Å². The van der Waals surface area contributed by atoms with Gasteiger partial charge in [0.25, 0.3) is 0 Å². The van der Waals surface area contributed by atoms with Crippen LogP contribution in [0.2, 0.25) is 0 Å². The molecule has 0 radical (unpaired) electrons. The van der Waals surface area contributed by atoms with E-state index in [1.54, 1.807) is 12.1 Å². The third-order valence-electron chi connectivity index (χ3n) is 3.72. The summed E-state index contributed by atoms with van der Waals surface area (Å²) in [4.78, 5) is 0. The van der Waals surface area contributed by atoms with Crippen LogP contribution in [0.15, 0.2) is 59.0 Å². The predicted octanol–water partition coefficient (Wildman–Crippen LogP) is 4.98. The third-order valence-corrected chi connectivity index (χ3v) is 3.72. The van der Waals surface area contributed by atoms with Gasteiger partial charge >= 0.3 is 0 Å². The largest absolute Gasteiger partial charge is 0.459 e. The fourth-order valence-corrected chi connectivity index (χ4v) is 2.55. The van der Waals surface area contributed by atoms with Crippen molar-refractivity contribution in [1.29, 1.82) is 0 Å². The molecular formula is C18H18FNO. The highest BCUT2D eigenvalue weighted by Crippen LogP contribution is 2.25. The van der Waals surface area contributed by atoms with Crippen molar-refractivity contribution in [3.63, 3.8) is 0 Å². The van der Waals surface area contributed by atoms with E-state index in [0.717, 1.165) is 22.3 Å². The second-order valence-corrected chi connectivity index (χ2v) is 5.35. The standard InChI is InChI=1S/C18H18FNO/c1-12(14-7-5-8-16(19)10-14)20-13(2)18-11-15-6-3-4-9-17(15)21-18/h3-13,20H,1-2H3/t12-,13?/m0/s1. The maximum atomic E-state index is 13.3. The summed E-state index contributed by atoms with van der Waals surface area (Å²) in [5.41, 5.74) is 1.82. The Bertz CT molecular complexity index is 717. The molecule has 3 aromatic rings. The van der Waals surface area contributed by atoms with Crippen LogP contribution in [0.25, 0.3) is 11.0 Å². The normalized spacial score (nSPS) is 14.2. The Labute approximate surface area is 123 Å². The molecule has 0 aliphatic rings. The quantitative estimate of drug-likeness (QED) is 0.730. The van der Waals surface area contributed by atoms with Crippen LogP contribution in [0, 0.1) is 5.82 Å². The summed E-state index contributed by atoms with van der Waals surface area (Å²) < 4.78 is 19.1. The topological polar surface area (TPSA) is 25.2 Å². The zero-order chi connectivity index (χ0) is 14.8. The average Bonchev–Trinajstić information content (AvgIpc) is 2.91. The molecule has 0 bridgehead atoms. The maximum absolute atomic E-state index is 13.3. The Kier molecular flexibility index (Phi) is 3.76. The van der Waals surface area contributed by atoms with Crippen LogP contribution in [0.3, 0.4) is 0 Å². The van der Waals surface area contributed by atoms with E-state index in [4.69, 9.17) is 4.42 Å². The number of benzene rings is 2. The maximum Gasteiger partial charge on any atom is 0.134 e. The van der Waals surface area contributed by atoms with E-state index < -0.39 is 0 Å². The Hall–Kier alpha value is -2.13. The first-order valence-corrected chi connectivity index (χ1v) is 7.13. The van der Waals surface area contributed by atoms with Gasteiger partial charge in [-0.25, -0.2) is 4.39 Å². The molecule has 0 saturated heterocycles. The van der Waals surface area contributed by atoms with Gasteiger partial charge in [-0.05, 0) is 43.7 Å². The number of halogens is 1. The SMILES string of the molecule is CC(N[C@@H](C)c1cccc(F)c1)c1cc2ccccc2o1. The minimum absolute atomic E-state index is 0.0453. The summed E-state index contributed by atoms with van der Waals surface area (Å²) >= 11 is 0. The summed E-state index contributed by atoms with van der Waals surface area (Å²) in [5.74, 6) is 0.678. The molecule has 108 valence electrons. The van der Waals surface area contributed by atoms with Crippen LogP contribution in [0.5, 0.6) is 0 Å². The second kappa shape index (κ2) is 5.70. The summed E-state index contributed by atoms with van der Waals surface area (Å²) in [6.45, 7) is 4.07. The monoisotopic (exact) mass is 283 g/mol. The molecule has 1 unspecified atom stereocenters. The van der Waals surface area contributed by atoms with Gasteiger partial charge in [0.2, 0.25) is 0 Å². The number of hydrogen-bond acceptors (Lipinski definition) is 2. The van der Waals surface area contributed by atoms with Crippen LogP contribution in [-0.2, 0) is 0 Å². The molecule has 2 aromatic carbocycles. The van der Waals surface area contributed by atoms with Gasteiger partial charge in [-0.1, -0.05) is 30.3 Å². The van der Waals surface area contributed by atoms with Gasteiger partial charge in [0, 0.05) is 11.4 Å². The number of para-hydroxylation sites is 1. The molecule has 0 aliphatic heterocycles. The smallest absolute Gasteiger partial charge is 0.134 e. The average molecular weight is 283 g/mol. The van der Waals surface area contributed by atoms with E-state index in [2.05, 4.69) is 5.32 Å². The summed E-state index contributed by atoms with van der Waals surface area (Å²) in [5, 5.41) is 4.54. The van der Waals surface area contributed by atoms with Crippen molar-refractivity contribution in [2.75, 3.05) is 0 Å². The number of rotatable bonds is 4. The molecule has 0 spiro atoms. The molecule has 2 nitrogen and oxygen atoms in total. The molecule has 1 heterocycles. The van der Waals surface area contributed by atoms with Gasteiger partial charge in [-0.2, -0.15) is 0 Å². The molecule has 0 fully saturated rings. The molecule has 2 atom stereocenters. The molecule has 3 heteroatoms. The number of nitrogens with one attached hydrogen (secondary N) is 1. The molecular weight excluding hydrogens is 265 g/mol. The lowest BCUT2D eigenvalue weighted by Gasteiger charge is -2.18. The van der Waals surface area contributed by atoms with Crippen LogP contribution in [-0.4, -0.2) is 0 Å². The van der Waals surface area contributed by atoms with E-state index >= 15 is 0 Å². The minimum Gasteiger partial charge on any atom is -0.459 e. The Morgan fingerprint density at radius 3 is 2.52 bits per heavy atom. The van der Waals surface area contributed by atoms with Gasteiger partial charge in [0.1, 0.15) is 17.2 Å². The van der Waals surface area contributed by atoms with Gasteiger partial charge in [0.05, 0.1) is 6.04 Å². The van der Waals surface area contributed by atoms with E-state index in [9.17, 15) is 4.39 Å². The Balaban J connectivity index is 1.77. The van der Waals surface area contributed by atoms with Gasteiger partial charge in [0.15, 0.2) is 0 Å². The number of hydrogen-bond donors (Lipinski definition) is 1. The number of fused-ring (bicyclic) bond motifs is 1. The fraction of sp³-hybridized carbons (Fsp3) is 0.222. The van der Waals surface area contributed by atoms with E-state index in [1.807, 2.05) is 50.2 Å². The van der Waals surface area contributed by atoms with E-state index in [0.29, 0.717) is 0 Å². The Morgan fingerprint density at radius 1 is 0.952 bits per heavy atom. The van der Waals surface area contributed by atoms with E-state index in [-0.39, 0.29) is 17.9 Å². The van der Waals surface area contributed by atoms with Gasteiger partial charge in [-0.15, -0.1) is 0 Å². The highest BCUT2D eigenvalue weighted by Gasteiger charge is 2.15. The highest BCUT2D eigenvalue weighted by molar-refractivity contribution is 5.77. The van der Waals surface area contributed by atoms with Crippen molar-refractivity contribution >= 4 is 11.0 Å². The van der Waals surface area contributed by atoms with Gasteiger partial charge < -0.3 is 9.73 Å². The zero-order valence-electron chi connectivity index (χ0n) is 12.1. The first-order valence-electron chi connectivity index (χ1n) is 7.13. The van der Waals surface area contributed by atoms with Crippen molar-refractivity contribution in [2.24, 2.45) is 0 Å². The Morgan fingerprint density at radius 2 is 1.76 bits per heavy atom. The van der Waals surface area contributed by atoms with Crippen molar-refractivity contribution in [1.82, 2.24) is 5.32 Å². The van der Waals surface area contributed by atoms with Crippen molar-refractivity contribution < 1.29 is 8.81 Å². The minimum atomic E-state index is -0.211. The molecule has 21 heavy (non-hydrogen) atoms. The van der Waals surface area contributed by atoms with Crippen LogP contribution >= 0.6 is 0 Å². The van der Waals surface area contributed by atoms with Crippen molar-refractivity contribution in [2.45, 2.75) is 25.9 Å². The summed E-state index contributed by atoms with van der Waals surface area (Å²) in [6.07, 6.45) is 0. The summed E-state index contributed by atoms with van der Waals surface area (Å²) in [7, 11) is 0. The fourth-order valence-electron chi connectivity index (χ4n) is 2.55. The molecule has 0 aliphatic carbocycles.